The molecule has 3 nitrogen and oxygen atoms in total. The van der Waals surface area contributed by atoms with Crippen molar-refractivity contribution in [2.75, 3.05) is 5.32 Å². The Labute approximate surface area is 117 Å². The highest BCUT2D eigenvalue weighted by Crippen LogP contribution is 2.37. The Morgan fingerprint density at radius 3 is 2.95 bits per heavy atom. The maximum atomic E-state index is 12.0. The van der Waals surface area contributed by atoms with Crippen molar-refractivity contribution < 1.29 is 4.79 Å². The summed E-state index contributed by atoms with van der Waals surface area (Å²) in [5.41, 5.74) is 5.48. The van der Waals surface area contributed by atoms with Crippen molar-refractivity contribution in [2.45, 2.75) is 13.0 Å². The number of anilines is 1. The minimum absolute atomic E-state index is 0.0284. The van der Waals surface area contributed by atoms with Crippen molar-refractivity contribution in [3.63, 3.8) is 0 Å². The summed E-state index contributed by atoms with van der Waals surface area (Å²) in [7, 11) is 0. The van der Waals surface area contributed by atoms with Gasteiger partial charge in [0.15, 0.2) is 0 Å². The maximum absolute atomic E-state index is 12.0. The van der Waals surface area contributed by atoms with Crippen LogP contribution in [0.2, 0.25) is 0 Å². The molecular weight excluding hydrogens is 248 g/mol. The van der Waals surface area contributed by atoms with Crippen LogP contribution in [0, 0.1) is 0 Å². The summed E-state index contributed by atoms with van der Waals surface area (Å²) in [6.45, 7) is 0.885. The summed E-state index contributed by atoms with van der Waals surface area (Å²) < 4.78 is 2.23. The van der Waals surface area contributed by atoms with Crippen molar-refractivity contribution in [1.29, 1.82) is 0 Å². The zero-order valence-electron chi connectivity index (χ0n) is 11.0. The fourth-order valence-corrected chi connectivity index (χ4v) is 2.93. The lowest BCUT2D eigenvalue weighted by atomic mass is 9.98. The van der Waals surface area contributed by atoms with Crippen molar-refractivity contribution in [1.82, 2.24) is 4.57 Å². The van der Waals surface area contributed by atoms with Crippen LogP contribution in [0.3, 0.4) is 0 Å². The van der Waals surface area contributed by atoms with E-state index in [1.807, 2.05) is 24.3 Å². The van der Waals surface area contributed by atoms with E-state index in [9.17, 15) is 4.79 Å². The first-order chi connectivity index (χ1) is 9.83. The Morgan fingerprint density at radius 1 is 1.10 bits per heavy atom. The fraction of sp³-hybridized carbons (Fsp3) is 0.118. The summed E-state index contributed by atoms with van der Waals surface area (Å²) in [6.07, 6.45) is 8.76. The van der Waals surface area contributed by atoms with E-state index in [0.29, 0.717) is 6.42 Å². The molecular formula is C17H14N2O. The number of para-hydroxylation sites is 1. The average molecular weight is 262 g/mol. The zero-order chi connectivity index (χ0) is 13.5. The number of rotatable bonds is 0. The van der Waals surface area contributed by atoms with Gasteiger partial charge in [-0.25, -0.2) is 0 Å². The maximum Gasteiger partial charge on any atom is 0.228 e. The second-order valence-corrected chi connectivity index (χ2v) is 5.09. The van der Waals surface area contributed by atoms with Crippen LogP contribution in [0.25, 0.3) is 16.7 Å². The Balaban J connectivity index is 2.03. The number of allylic oxidation sites excluding steroid dienone is 3. The highest BCUT2D eigenvalue weighted by Gasteiger charge is 2.20. The molecule has 1 aromatic heterocycles. The molecule has 0 unspecified atom stereocenters. The molecule has 1 N–H and O–H groups in total. The zero-order valence-corrected chi connectivity index (χ0v) is 11.0. The van der Waals surface area contributed by atoms with Crippen LogP contribution in [-0.4, -0.2) is 10.5 Å². The smallest absolute Gasteiger partial charge is 0.228 e. The van der Waals surface area contributed by atoms with E-state index in [2.05, 4.69) is 40.4 Å². The number of carbonyl (C=O) groups excluding carboxylic acids is 1. The number of nitrogens with one attached hydrogen (secondary N) is 1. The first-order valence-electron chi connectivity index (χ1n) is 6.78. The van der Waals surface area contributed by atoms with Gasteiger partial charge in [-0.3, -0.25) is 4.79 Å². The molecule has 0 aliphatic carbocycles. The van der Waals surface area contributed by atoms with Gasteiger partial charge in [0.2, 0.25) is 5.91 Å². The van der Waals surface area contributed by atoms with E-state index in [-0.39, 0.29) is 5.91 Å². The first kappa shape index (κ1) is 11.3. The fourth-order valence-electron chi connectivity index (χ4n) is 2.93. The van der Waals surface area contributed by atoms with E-state index in [4.69, 9.17) is 0 Å². The van der Waals surface area contributed by atoms with Crippen LogP contribution >= 0.6 is 0 Å². The summed E-state index contributed by atoms with van der Waals surface area (Å²) in [4.78, 5) is 12.0. The molecule has 0 saturated carbocycles. The Morgan fingerprint density at radius 2 is 2.00 bits per heavy atom. The molecule has 3 heteroatoms. The quantitative estimate of drug-likeness (QED) is 0.775. The third-order valence-corrected chi connectivity index (χ3v) is 3.84. The summed E-state index contributed by atoms with van der Waals surface area (Å²) in [5, 5.41) is 3.00. The summed E-state index contributed by atoms with van der Waals surface area (Å²) in [6, 6.07) is 10.1. The van der Waals surface area contributed by atoms with E-state index in [0.717, 1.165) is 23.4 Å². The van der Waals surface area contributed by atoms with Gasteiger partial charge in [0.25, 0.3) is 0 Å². The molecule has 2 aromatic rings. The third-order valence-electron chi connectivity index (χ3n) is 3.84. The molecule has 0 spiro atoms. The molecule has 2 aliphatic rings. The first-order valence-corrected chi connectivity index (χ1v) is 6.78. The van der Waals surface area contributed by atoms with E-state index in [1.54, 1.807) is 0 Å². The summed E-state index contributed by atoms with van der Waals surface area (Å²) >= 11 is 0. The number of fused-ring (bicyclic) bond motifs is 2. The van der Waals surface area contributed by atoms with Crippen molar-refractivity contribution in [2.24, 2.45) is 0 Å². The van der Waals surface area contributed by atoms with Crippen LogP contribution in [-0.2, 0) is 11.3 Å². The van der Waals surface area contributed by atoms with Gasteiger partial charge in [0, 0.05) is 36.0 Å². The molecule has 4 rings (SSSR count). The van der Waals surface area contributed by atoms with Gasteiger partial charge >= 0.3 is 0 Å². The van der Waals surface area contributed by atoms with Crippen molar-refractivity contribution in [3.05, 3.63) is 60.5 Å². The van der Waals surface area contributed by atoms with Crippen molar-refractivity contribution in [3.8, 4) is 11.1 Å². The van der Waals surface area contributed by atoms with Gasteiger partial charge in [-0.2, -0.15) is 0 Å². The lowest BCUT2D eigenvalue weighted by Gasteiger charge is -2.16. The number of hydrogen-bond donors (Lipinski definition) is 1. The average Bonchev–Trinajstić information content (AvgIpc) is 2.91. The Hall–Kier alpha value is -2.55. The molecule has 0 saturated heterocycles. The molecule has 3 heterocycles. The Bertz CT molecular complexity index is 765. The number of aromatic nitrogens is 1. The third kappa shape index (κ3) is 1.63. The molecule has 0 fully saturated rings. The van der Waals surface area contributed by atoms with E-state index >= 15 is 0 Å². The highest BCUT2D eigenvalue weighted by molar-refractivity contribution is 6.00. The molecule has 1 aromatic carbocycles. The van der Waals surface area contributed by atoms with Crippen molar-refractivity contribution >= 4 is 17.2 Å². The highest BCUT2D eigenvalue weighted by atomic mass is 16.1. The second-order valence-electron chi connectivity index (χ2n) is 5.09. The number of amides is 1. The van der Waals surface area contributed by atoms with Gasteiger partial charge in [-0.05, 0) is 17.7 Å². The standard InChI is InChI=1S/C17H14N2O/c20-16-8-7-12-4-3-10-19-11-9-14(17(12)19)13-5-1-2-6-15(13)18-16/h1-7,9,11H,8,10H2,(H,18,20)/b12-7-. The van der Waals surface area contributed by atoms with Crippen LogP contribution < -0.4 is 5.32 Å². The molecule has 0 atom stereocenters. The van der Waals surface area contributed by atoms with E-state index < -0.39 is 0 Å². The number of benzene rings is 1. The summed E-state index contributed by atoms with van der Waals surface area (Å²) in [5.74, 6) is 0.0284. The second kappa shape index (κ2) is 4.23. The van der Waals surface area contributed by atoms with Crippen LogP contribution in [0.15, 0.2) is 54.8 Å². The predicted octanol–water partition coefficient (Wildman–Crippen LogP) is 3.45. The number of hydrogen-bond acceptors (Lipinski definition) is 1. The van der Waals surface area contributed by atoms with Gasteiger partial charge in [0.05, 0.1) is 5.69 Å². The molecule has 98 valence electrons. The van der Waals surface area contributed by atoms with Gasteiger partial charge < -0.3 is 9.88 Å². The lowest BCUT2D eigenvalue weighted by molar-refractivity contribution is -0.115. The lowest BCUT2D eigenvalue weighted by Crippen LogP contribution is -2.10. The predicted molar refractivity (Wildman–Crippen MR) is 80.2 cm³/mol. The van der Waals surface area contributed by atoms with Crippen LogP contribution in [0.4, 0.5) is 5.69 Å². The van der Waals surface area contributed by atoms with Gasteiger partial charge in [-0.15, -0.1) is 0 Å². The molecule has 1 amide bonds. The molecule has 0 radical (unpaired) electrons. The van der Waals surface area contributed by atoms with Crippen LogP contribution in [0.1, 0.15) is 12.1 Å². The molecule has 0 bridgehead atoms. The normalized spacial score (nSPS) is 18.8. The van der Waals surface area contributed by atoms with Gasteiger partial charge in [-0.1, -0.05) is 36.4 Å². The molecule has 2 aliphatic heterocycles. The number of carbonyl (C=O) groups is 1. The van der Waals surface area contributed by atoms with Crippen LogP contribution in [0.5, 0.6) is 0 Å². The van der Waals surface area contributed by atoms with E-state index in [1.165, 1.54) is 11.3 Å². The minimum atomic E-state index is 0.0284. The Kier molecular flexibility index (Phi) is 2.39. The topological polar surface area (TPSA) is 34.0 Å². The number of nitrogens with zero attached hydrogens (tertiary/aromatic N) is 1. The SMILES string of the molecule is O=C1C/C=C2/C=CCn3ccc(c32)-c2ccccc2N1. The monoisotopic (exact) mass is 262 g/mol. The minimum Gasteiger partial charge on any atom is -0.343 e. The largest absolute Gasteiger partial charge is 0.343 e. The molecule has 20 heavy (non-hydrogen) atoms. The van der Waals surface area contributed by atoms with Gasteiger partial charge in [0.1, 0.15) is 0 Å².